The Balaban J connectivity index is 2.66. The number of nitrogens with zero attached hydrogens (tertiary/aromatic N) is 1. The van der Waals surface area contributed by atoms with Crippen LogP contribution in [0.4, 0.5) is 5.69 Å². The van der Waals surface area contributed by atoms with Crippen molar-refractivity contribution < 1.29 is 9.72 Å². The molecule has 0 saturated heterocycles. The molecular weight excluding hydrogens is 222 g/mol. The molecule has 1 rings (SSSR count). The van der Waals surface area contributed by atoms with Gasteiger partial charge < -0.3 is 11.1 Å². The summed E-state index contributed by atoms with van der Waals surface area (Å²) in [4.78, 5) is 21.0. The van der Waals surface area contributed by atoms with Crippen molar-refractivity contribution in [3.05, 3.63) is 39.9 Å². The van der Waals surface area contributed by atoms with Gasteiger partial charge in [-0.2, -0.15) is 0 Å². The molecular formula is C11H11N3O3. The van der Waals surface area contributed by atoms with Crippen molar-refractivity contribution in [2.24, 2.45) is 5.73 Å². The summed E-state index contributed by atoms with van der Waals surface area (Å²) in [7, 11) is 0. The number of hydrogen-bond acceptors (Lipinski definition) is 4. The second kappa shape index (κ2) is 6.25. The predicted molar refractivity (Wildman–Crippen MR) is 62.0 cm³/mol. The third-order valence-corrected chi connectivity index (χ3v) is 1.83. The first kappa shape index (κ1) is 12.7. The molecule has 1 amide bonds. The first-order valence-electron chi connectivity index (χ1n) is 4.88. The number of benzene rings is 1. The van der Waals surface area contributed by atoms with Crippen molar-refractivity contribution in [1.29, 1.82) is 0 Å². The van der Waals surface area contributed by atoms with Gasteiger partial charge in [-0.05, 0) is 12.1 Å². The fourth-order valence-electron chi connectivity index (χ4n) is 1.03. The third-order valence-electron chi connectivity index (χ3n) is 1.83. The Bertz CT molecular complexity index is 471. The van der Waals surface area contributed by atoms with Gasteiger partial charge in [0.25, 0.3) is 11.6 Å². The van der Waals surface area contributed by atoms with Crippen LogP contribution in [0.3, 0.4) is 0 Å². The quantitative estimate of drug-likeness (QED) is 0.437. The lowest BCUT2D eigenvalue weighted by Gasteiger charge is -1.94. The molecule has 6 heteroatoms. The Morgan fingerprint density at radius 1 is 1.41 bits per heavy atom. The summed E-state index contributed by atoms with van der Waals surface area (Å²) in [5, 5.41) is 12.9. The number of carbonyl (C=O) groups excluding carboxylic acids is 1. The number of rotatable bonds is 3. The summed E-state index contributed by atoms with van der Waals surface area (Å²) in [6, 6.07) is 5.65. The van der Waals surface area contributed by atoms with Gasteiger partial charge in [0.2, 0.25) is 0 Å². The van der Waals surface area contributed by atoms with Gasteiger partial charge >= 0.3 is 0 Å². The largest absolute Gasteiger partial charge is 0.344 e. The van der Waals surface area contributed by atoms with E-state index < -0.39 is 10.8 Å². The number of amides is 1. The Morgan fingerprint density at radius 3 is 2.59 bits per heavy atom. The zero-order valence-electron chi connectivity index (χ0n) is 8.97. The average Bonchev–Trinajstić information content (AvgIpc) is 2.34. The van der Waals surface area contributed by atoms with E-state index in [4.69, 9.17) is 5.73 Å². The zero-order valence-corrected chi connectivity index (χ0v) is 8.97. The van der Waals surface area contributed by atoms with E-state index in [1.54, 1.807) is 0 Å². The molecule has 0 heterocycles. The van der Waals surface area contributed by atoms with E-state index >= 15 is 0 Å². The summed E-state index contributed by atoms with van der Waals surface area (Å²) in [5.74, 6) is 4.53. The summed E-state index contributed by atoms with van der Waals surface area (Å²) in [6.45, 7) is 0.721. The second-order valence-electron chi connectivity index (χ2n) is 3.10. The summed E-state index contributed by atoms with van der Waals surface area (Å²) < 4.78 is 0. The van der Waals surface area contributed by atoms with Crippen molar-refractivity contribution in [3.63, 3.8) is 0 Å². The fourth-order valence-corrected chi connectivity index (χ4v) is 1.03. The molecule has 0 bridgehead atoms. The van der Waals surface area contributed by atoms with Gasteiger partial charge in [-0.15, -0.1) is 0 Å². The third kappa shape index (κ3) is 4.32. The molecule has 0 radical (unpaired) electrons. The molecule has 0 atom stereocenters. The fraction of sp³-hybridized carbons (Fsp3) is 0.182. The lowest BCUT2D eigenvalue weighted by molar-refractivity contribution is -0.384. The van der Waals surface area contributed by atoms with Crippen molar-refractivity contribution in [2.45, 2.75) is 0 Å². The maximum absolute atomic E-state index is 11.1. The summed E-state index contributed by atoms with van der Waals surface area (Å²) in [5.41, 5.74) is 5.73. The molecule has 0 fully saturated rings. The Hall–Kier alpha value is -2.39. The van der Waals surface area contributed by atoms with E-state index in [0.29, 0.717) is 18.7 Å². The first-order chi connectivity index (χ1) is 8.13. The standard InChI is InChI=1S/C11H11N3O3/c12-7-8-13-11(15)6-3-9-1-4-10(5-2-9)14(16)17/h1-2,4-5H,7-8,12H2,(H,13,15). The lowest BCUT2D eigenvalue weighted by Crippen LogP contribution is -2.27. The van der Waals surface area contributed by atoms with Gasteiger partial charge in [-0.1, -0.05) is 5.92 Å². The van der Waals surface area contributed by atoms with Crippen molar-refractivity contribution >= 4 is 11.6 Å². The van der Waals surface area contributed by atoms with Gasteiger partial charge in [0.05, 0.1) is 4.92 Å². The Labute approximate surface area is 98.0 Å². The minimum Gasteiger partial charge on any atom is -0.344 e. The number of hydrogen-bond donors (Lipinski definition) is 2. The monoisotopic (exact) mass is 233 g/mol. The lowest BCUT2D eigenvalue weighted by atomic mass is 10.2. The molecule has 6 nitrogen and oxygen atoms in total. The summed E-state index contributed by atoms with van der Waals surface area (Å²) >= 11 is 0. The molecule has 0 unspecified atom stereocenters. The first-order valence-corrected chi connectivity index (χ1v) is 4.88. The van der Waals surface area contributed by atoms with Crippen LogP contribution in [-0.2, 0) is 4.79 Å². The Morgan fingerprint density at radius 2 is 2.06 bits per heavy atom. The maximum Gasteiger partial charge on any atom is 0.296 e. The van der Waals surface area contributed by atoms with Crippen LogP contribution in [0.25, 0.3) is 0 Å². The van der Waals surface area contributed by atoms with Gasteiger partial charge in [-0.3, -0.25) is 14.9 Å². The predicted octanol–water partition coefficient (Wildman–Crippen LogP) is 0.0212. The van der Waals surface area contributed by atoms with Crippen LogP contribution in [0, 0.1) is 22.0 Å². The molecule has 0 aliphatic carbocycles. The highest BCUT2D eigenvalue weighted by molar-refractivity contribution is 5.94. The van der Waals surface area contributed by atoms with E-state index in [-0.39, 0.29) is 5.69 Å². The number of non-ortho nitro benzene ring substituents is 1. The van der Waals surface area contributed by atoms with Crippen LogP contribution in [0.1, 0.15) is 5.56 Å². The molecule has 0 aliphatic rings. The van der Waals surface area contributed by atoms with E-state index in [1.807, 2.05) is 0 Å². The highest BCUT2D eigenvalue weighted by Gasteiger charge is 2.02. The van der Waals surface area contributed by atoms with Gasteiger partial charge in [0, 0.05) is 36.7 Å². The van der Waals surface area contributed by atoms with Crippen LogP contribution in [0.5, 0.6) is 0 Å². The van der Waals surface area contributed by atoms with Crippen LogP contribution < -0.4 is 11.1 Å². The topological polar surface area (TPSA) is 98.3 Å². The van der Waals surface area contributed by atoms with Crippen LogP contribution in [0.15, 0.2) is 24.3 Å². The molecule has 1 aromatic rings. The van der Waals surface area contributed by atoms with Gasteiger partial charge in [0.1, 0.15) is 0 Å². The average molecular weight is 233 g/mol. The number of nitrogens with one attached hydrogen (secondary N) is 1. The number of nitro groups is 1. The highest BCUT2D eigenvalue weighted by atomic mass is 16.6. The second-order valence-corrected chi connectivity index (χ2v) is 3.10. The highest BCUT2D eigenvalue weighted by Crippen LogP contribution is 2.10. The number of carbonyl (C=O) groups is 1. The van der Waals surface area contributed by atoms with Crippen LogP contribution in [0.2, 0.25) is 0 Å². The van der Waals surface area contributed by atoms with Crippen LogP contribution >= 0.6 is 0 Å². The van der Waals surface area contributed by atoms with E-state index in [0.717, 1.165) is 0 Å². The Kier molecular flexibility index (Phi) is 4.66. The van der Waals surface area contributed by atoms with Gasteiger partial charge in [-0.25, -0.2) is 0 Å². The van der Waals surface area contributed by atoms with Crippen molar-refractivity contribution in [2.75, 3.05) is 13.1 Å². The van der Waals surface area contributed by atoms with Gasteiger partial charge in [0.15, 0.2) is 0 Å². The molecule has 88 valence electrons. The zero-order chi connectivity index (χ0) is 12.7. The van der Waals surface area contributed by atoms with E-state index in [2.05, 4.69) is 17.2 Å². The maximum atomic E-state index is 11.1. The SMILES string of the molecule is NCCNC(=O)C#Cc1ccc([N+](=O)[O-])cc1. The van der Waals surface area contributed by atoms with E-state index in [9.17, 15) is 14.9 Å². The van der Waals surface area contributed by atoms with Crippen molar-refractivity contribution in [3.8, 4) is 11.8 Å². The number of nitro benzene ring substituents is 1. The number of nitrogens with two attached hydrogens (primary N) is 1. The molecule has 0 saturated carbocycles. The smallest absolute Gasteiger partial charge is 0.296 e. The molecule has 3 N–H and O–H groups in total. The molecule has 1 aromatic carbocycles. The van der Waals surface area contributed by atoms with Crippen LogP contribution in [-0.4, -0.2) is 23.9 Å². The minimum atomic E-state index is -0.495. The molecule has 17 heavy (non-hydrogen) atoms. The summed E-state index contributed by atoms with van der Waals surface area (Å²) in [6.07, 6.45) is 0. The van der Waals surface area contributed by atoms with Crippen molar-refractivity contribution in [1.82, 2.24) is 5.32 Å². The molecule has 0 aromatic heterocycles. The molecule has 0 spiro atoms. The van der Waals surface area contributed by atoms with E-state index in [1.165, 1.54) is 24.3 Å². The molecule has 0 aliphatic heterocycles. The normalized spacial score (nSPS) is 9.00. The minimum absolute atomic E-state index is 0.0110.